The minimum absolute atomic E-state index is 0.485. The van der Waals surface area contributed by atoms with Crippen molar-refractivity contribution in [3.8, 4) is 12.1 Å². The summed E-state index contributed by atoms with van der Waals surface area (Å²) < 4.78 is 1.75. The van der Waals surface area contributed by atoms with E-state index in [2.05, 4.69) is 0 Å². The molecule has 3 heteroatoms. The molecule has 0 aromatic carbocycles. The maximum absolute atomic E-state index is 8.79. The quantitative estimate of drug-likeness (QED) is 0.599. The van der Waals surface area contributed by atoms with Crippen molar-refractivity contribution in [3.05, 3.63) is 41.7 Å². The van der Waals surface area contributed by atoms with Gasteiger partial charge in [-0.15, -0.1) is 0 Å². The van der Waals surface area contributed by atoms with E-state index >= 15 is 0 Å². The predicted molar refractivity (Wildman–Crippen MR) is 46.8 cm³/mol. The molecule has 60 valence electrons. The van der Waals surface area contributed by atoms with Gasteiger partial charge in [0, 0.05) is 11.7 Å². The summed E-state index contributed by atoms with van der Waals surface area (Å²) in [5, 5.41) is 17.5. The minimum atomic E-state index is 0.485. The molecule has 2 heterocycles. The van der Waals surface area contributed by atoms with Gasteiger partial charge in [0.05, 0.1) is 11.6 Å². The van der Waals surface area contributed by atoms with Gasteiger partial charge in [0.15, 0.2) is 0 Å². The number of rotatable bonds is 0. The Kier molecular flexibility index (Phi) is 1.51. The third-order valence-corrected chi connectivity index (χ3v) is 1.88. The molecule has 0 amide bonds. The van der Waals surface area contributed by atoms with Crippen LogP contribution in [-0.4, -0.2) is 4.40 Å². The van der Waals surface area contributed by atoms with Crippen molar-refractivity contribution in [2.75, 3.05) is 0 Å². The zero-order valence-corrected chi connectivity index (χ0v) is 6.73. The van der Waals surface area contributed by atoms with Crippen molar-refractivity contribution in [1.82, 2.24) is 4.40 Å². The van der Waals surface area contributed by atoms with Crippen LogP contribution in [0.1, 0.15) is 11.3 Å². The lowest BCUT2D eigenvalue weighted by molar-refractivity contribution is 1.15. The van der Waals surface area contributed by atoms with Crippen molar-refractivity contribution >= 4 is 5.52 Å². The van der Waals surface area contributed by atoms with Crippen LogP contribution in [0.5, 0.6) is 0 Å². The van der Waals surface area contributed by atoms with E-state index in [9.17, 15) is 0 Å². The van der Waals surface area contributed by atoms with Crippen LogP contribution in [0, 0.1) is 22.7 Å². The number of hydrogen-bond donors (Lipinski definition) is 0. The highest BCUT2D eigenvalue weighted by molar-refractivity contribution is 5.55. The van der Waals surface area contributed by atoms with E-state index in [-0.39, 0.29) is 0 Å². The van der Waals surface area contributed by atoms with Gasteiger partial charge in [0.2, 0.25) is 0 Å². The highest BCUT2D eigenvalue weighted by Gasteiger charge is 2.01. The summed E-state index contributed by atoms with van der Waals surface area (Å²) in [6, 6.07) is 11.1. The molecular formula is C10H5N3. The number of pyridine rings is 1. The van der Waals surface area contributed by atoms with Crippen molar-refractivity contribution in [3.63, 3.8) is 0 Å². The highest BCUT2D eigenvalue weighted by Crippen LogP contribution is 2.11. The van der Waals surface area contributed by atoms with Crippen LogP contribution >= 0.6 is 0 Å². The molecule has 0 saturated heterocycles. The normalized spacial score (nSPS) is 9.38. The Morgan fingerprint density at radius 3 is 2.69 bits per heavy atom. The molecule has 0 aliphatic carbocycles. The lowest BCUT2D eigenvalue weighted by atomic mass is 10.2. The molecule has 0 N–H and O–H groups in total. The van der Waals surface area contributed by atoms with Gasteiger partial charge >= 0.3 is 0 Å². The molecule has 3 nitrogen and oxygen atoms in total. The van der Waals surface area contributed by atoms with Gasteiger partial charge in [-0.2, -0.15) is 10.5 Å². The summed E-state index contributed by atoms with van der Waals surface area (Å²) in [6.07, 6.45) is 1.80. The first-order valence-electron chi connectivity index (χ1n) is 3.76. The van der Waals surface area contributed by atoms with Crippen LogP contribution in [0.3, 0.4) is 0 Å². The van der Waals surface area contributed by atoms with E-state index in [0.717, 1.165) is 5.52 Å². The van der Waals surface area contributed by atoms with E-state index in [1.165, 1.54) is 0 Å². The summed E-state index contributed by atoms with van der Waals surface area (Å²) in [6.45, 7) is 0. The minimum Gasteiger partial charge on any atom is -0.308 e. The molecule has 2 rings (SSSR count). The number of nitriles is 2. The maximum atomic E-state index is 8.79. The van der Waals surface area contributed by atoms with Crippen LogP contribution < -0.4 is 0 Å². The van der Waals surface area contributed by atoms with Crippen molar-refractivity contribution in [1.29, 1.82) is 10.5 Å². The lowest BCUT2D eigenvalue weighted by Crippen LogP contribution is -1.91. The van der Waals surface area contributed by atoms with Gasteiger partial charge in [-0.1, -0.05) is 0 Å². The van der Waals surface area contributed by atoms with Crippen molar-refractivity contribution in [2.24, 2.45) is 0 Å². The van der Waals surface area contributed by atoms with E-state index in [1.54, 1.807) is 22.7 Å². The second-order valence-corrected chi connectivity index (χ2v) is 2.66. The Bertz CT molecular complexity index is 537. The highest BCUT2D eigenvalue weighted by atomic mass is 14.9. The smallest absolute Gasteiger partial charge is 0.126 e. The topological polar surface area (TPSA) is 52.0 Å². The molecule has 0 spiro atoms. The Morgan fingerprint density at radius 2 is 2.00 bits per heavy atom. The Balaban J connectivity index is 2.89. The van der Waals surface area contributed by atoms with Crippen LogP contribution in [-0.2, 0) is 0 Å². The monoisotopic (exact) mass is 167 g/mol. The third kappa shape index (κ3) is 1.04. The maximum Gasteiger partial charge on any atom is 0.126 e. The van der Waals surface area contributed by atoms with Crippen molar-refractivity contribution < 1.29 is 0 Å². The van der Waals surface area contributed by atoms with E-state index in [4.69, 9.17) is 10.5 Å². The number of aromatic nitrogens is 1. The molecule has 2 aromatic heterocycles. The first-order valence-corrected chi connectivity index (χ1v) is 3.76. The Labute approximate surface area is 75.1 Å². The Morgan fingerprint density at radius 1 is 1.15 bits per heavy atom. The van der Waals surface area contributed by atoms with Gasteiger partial charge in [0.25, 0.3) is 0 Å². The van der Waals surface area contributed by atoms with Gasteiger partial charge in [-0.25, -0.2) is 0 Å². The van der Waals surface area contributed by atoms with Gasteiger partial charge < -0.3 is 4.40 Å². The summed E-state index contributed by atoms with van der Waals surface area (Å²) in [7, 11) is 0. The molecule has 0 unspecified atom stereocenters. The number of hydrogen-bond acceptors (Lipinski definition) is 2. The van der Waals surface area contributed by atoms with Gasteiger partial charge in [-0.05, 0) is 24.3 Å². The molecule has 13 heavy (non-hydrogen) atoms. The summed E-state index contributed by atoms with van der Waals surface area (Å²) in [5.74, 6) is 0. The fourth-order valence-corrected chi connectivity index (χ4v) is 1.30. The first kappa shape index (κ1) is 7.39. The number of nitrogens with zero attached hydrogens (tertiary/aromatic N) is 3. The summed E-state index contributed by atoms with van der Waals surface area (Å²) in [5.41, 5.74) is 1.87. The van der Waals surface area contributed by atoms with E-state index in [0.29, 0.717) is 11.3 Å². The SMILES string of the molecule is N#Cc1cc(C#N)n2cccc2c1. The molecular weight excluding hydrogens is 162 g/mol. The zero-order chi connectivity index (χ0) is 9.26. The van der Waals surface area contributed by atoms with E-state index in [1.807, 2.05) is 24.3 Å². The second-order valence-electron chi connectivity index (χ2n) is 2.66. The Hall–Kier alpha value is -2.26. The lowest BCUT2D eigenvalue weighted by Gasteiger charge is -1.97. The molecule has 0 bridgehead atoms. The largest absolute Gasteiger partial charge is 0.308 e. The third-order valence-electron chi connectivity index (χ3n) is 1.88. The van der Waals surface area contributed by atoms with Gasteiger partial charge in [0.1, 0.15) is 11.8 Å². The fraction of sp³-hybridized carbons (Fsp3) is 0. The molecule has 0 aliphatic rings. The number of fused-ring (bicyclic) bond motifs is 1. The van der Waals surface area contributed by atoms with Gasteiger partial charge in [-0.3, -0.25) is 0 Å². The van der Waals surface area contributed by atoms with Crippen molar-refractivity contribution in [2.45, 2.75) is 0 Å². The molecule has 2 aromatic rings. The molecule has 0 saturated carbocycles. The van der Waals surface area contributed by atoms with Crippen LogP contribution in [0.2, 0.25) is 0 Å². The summed E-state index contributed by atoms with van der Waals surface area (Å²) in [4.78, 5) is 0. The molecule has 0 fully saturated rings. The molecule has 0 radical (unpaired) electrons. The fourth-order valence-electron chi connectivity index (χ4n) is 1.30. The van der Waals surface area contributed by atoms with Crippen LogP contribution in [0.15, 0.2) is 30.5 Å². The standard InChI is InChI=1S/C10H5N3/c11-6-8-4-9-2-1-3-13(9)10(5-8)7-12/h1-5H. The first-order chi connectivity index (χ1) is 6.35. The average molecular weight is 167 g/mol. The average Bonchev–Trinajstić information content (AvgIpc) is 2.63. The second kappa shape index (κ2) is 2.66. The zero-order valence-electron chi connectivity index (χ0n) is 6.73. The van der Waals surface area contributed by atoms with Crippen LogP contribution in [0.25, 0.3) is 5.52 Å². The summed E-state index contributed by atoms with van der Waals surface area (Å²) >= 11 is 0. The van der Waals surface area contributed by atoms with E-state index < -0.39 is 0 Å². The predicted octanol–water partition coefficient (Wildman–Crippen LogP) is 1.68. The molecule has 0 atom stereocenters. The molecule has 0 aliphatic heterocycles. The van der Waals surface area contributed by atoms with Crippen LogP contribution in [0.4, 0.5) is 0 Å².